The third kappa shape index (κ3) is 2.70. The number of rotatable bonds is 4. The van der Waals surface area contributed by atoms with Gasteiger partial charge in [0.25, 0.3) is 0 Å². The predicted molar refractivity (Wildman–Crippen MR) is 49.7 cm³/mol. The molecular weight excluding hydrogens is 170 g/mol. The number of nitrogens with one attached hydrogen (secondary N) is 1. The number of aromatic nitrogens is 1. The Balaban J connectivity index is 2.64. The van der Waals surface area contributed by atoms with Gasteiger partial charge in [0.2, 0.25) is 0 Å². The van der Waals surface area contributed by atoms with Crippen LogP contribution in [0.4, 0.5) is 11.5 Å². The van der Waals surface area contributed by atoms with E-state index in [0.29, 0.717) is 0 Å². The molecule has 0 saturated carbocycles. The molecule has 0 aliphatic carbocycles. The molecule has 1 rings (SSSR count). The minimum Gasteiger partial charge on any atom is -0.382 e. The van der Waals surface area contributed by atoms with E-state index in [1.807, 2.05) is 6.92 Å². The molecule has 0 aromatic carbocycles. The molecule has 0 amide bonds. The normalized spacial score (nSPS) is 9.62. The zero-order valence-electron chi connectivity index (χ0n) is 7.36. The highest BCUT2D eigenvalue weighted by Gasteiger charge is 2.04. The lowest BCUT2D eigenvalue weighted by Gasteiger charge is -2.00. The predicted octanol–water partition coefficient (Wildman–Crippen LogP) is 1.81. The van der Waals surface area contributed by atoms with E-state index >= 15 is 0 Å². The number of hydrogen-bond donors (Lipinski definition) is 1. The highest BCUT2D eigenvalue weighted by Crippen LogP contribution is 2.10. The molecule has 5 nitrogen and oxygen atoms in total. The van der Waals surface area contributed by atoms with Crippen molar-refractivity contribution < 1.29 is 4.92 Å². The van der Waals surface area contributed by atoms with Crippen molar-refractivity contribution in [3.8, 4) is 0 Å². The van der Waals surface area contributed by atoms with Crippen molar-refractivity contribution in [3.63, 3.8) is 0 Å². The smallest absolute Gasteiger partial charge is 0.363 e. The van der Waals surface area contributed by atoms with Gasteiger partial charge in [-0.15, -0.1) is 0 Å². The fourth-order valence-electron chi connectivity index (χ4n) is 0.868. The highest BCUT2D eigenvalue weighted by atomic mass is 16.6. The van der Waals surface area contributed by atoms with Crippen LogP contribution in [0.25, 0.3) is 0 Å². The fourth-order valence-corrected chi connectivity index (χ4v) is 0.868. The van der Waals surface area contributed by atoms with Gasteiger partial charge in [-0.2, -0.15) is 0 Å². The first-order chi connectivity index (χ1) is 6.24. The molecule has 0 bridgehead atoms. The van der Waals surface area contributed by atoms with Crippen LogP contribution in [0.1, 0.15) is 13.3 Å². The largest absolute Gasteiger partial charge is 0.382 e. The van der Waals surface area contributed by atoms with Crippen molar-refractivity contribution in [2.45, 2.75) is 13.3 Å². The monoisotopic (exact) mass is 181 g/mol. The summed E-state index contributed by atoms with van der Waals surface area (Å²) in [5, 5.41) is 13.3. The molecular formula is C8H11N3O2. The first-order valence-corrected chi connectivity index (χ1v) is 4.08. The first kappa shape index (κ1) is 9.44. The number of nitrogens with zero attached hydrogens (tertiary/aromatic N) is 2. The van der Waals surface area contributed by atoms with Gasteiger partial charge in [-0.05, 0) is 22.4 Å². The summed E-state index contributed by atoms with van der Waals surface area (Å²) in [5.74, 6) is -0.123. The average Bonchev–Trinajstić information content (AvgIpc) is 2.15. The standard InChI is InChI=1S/C8H11N3O2/c1-2-5-9-7-3-4-8(10-6-7)11(12)13/h3-4,6,9H,2,5H2,1H3. The molecule has 0 radical (unpaired) electrons. The van der Waals surface area contributed by atoms with Crippen molar-refractivity contribution >= 4 is 11.5 Å². The van der Waals surface area contributed by atoms with Crippen molar-refractivity contribution in [2.75, 3.05) is 11.9 Å². The van der Waals surface area contributed by atoms with Crippen molar-refractivity contribution in [3.05, 3.63) is 28.4 Å². The first-order valence-electron chi connectivity index (χ1n) is 4.08. The van der Waals surface area contributed by atoms with Crippen LogP contribution >= 0.6 is 0 Å². The molecule has 0 atom stereocenters. The molecule has 0 unspecified atom stereocenters. The molecule has 1 aromatic rings. The third-order valence-electron chi connectivity index (χ3n) is 1.51. The lowest BCUT2D eigenvalue weighted by atomic mass is 10.4. The van der Waals surface area contributed by atoms with Gasteiger partial charge in [-0.25, -0.2) is 0 Å². The van der Waals surface area contributed by atoms with Crippen LogP contribution in [0.5, 0.6) is 0 Å². The molecule has 1 aromatic heterocycles. The molecule has 70 valence electrons. The van der Waals surface area contributed by atoms with E-state index in [1.54, 1.807) is 6.07 Å². The molecule has 0 aliphatic heterocycles. The van der Waals surface area contributed by atoms with Crippen LogP contribution in [0, 0.1) is 10.1 Å². The molecule has 0 saturated heterocycles. The average molecular weight is 181 g/mol. The Morgan fingerprint density at radius 2 is 2.38 bits per heavy atom. The Morgan fingerprint density at radius 1 is 1.62 bits per heavy atom. The molecule has 5 heteroatoms. The minimum atomic E-state index is -0.510. The van der Waals surface area contributed by atoms with Crippen LogP contribution in [0.2, 0.25) is 0 Å². The second-order valence-corrected chi connectivity index (χ2v) is 2.59. The molecule has 0 fully saturated rings. The molecule has 1 heterocycles. The van der Waals surface area contributed by atoms with Gasteiger partial charge >= 0.3 is 5.82 Å². The summed E-state index contributed by atoms with van der Waals surface area (Å²) < 4.78 is 0. The third-order valence-corrected chi connectivity index (χ3v) is 1.51. The lowest BCUT2D eigenvalue weighted by molar-refractivity contribution is -0.389. The van der Waals surface area contributed by atoms with Crippen molar-refractivity contribution in [2.24, 2.45) is 0 Å². The molecule has 0 spiro atoms. The topological polar surface area (TPSA) is 68.1 Å². The summed E-state index contributed by atoms with van der Waals surface area (Å²) in [6, 6.07) is 3.04. The quantitative estimate of drug-likeness (QED) is 0.568. The van der Waals surface area contributed by atoms with Gasteiger partial charge in [0.15, 0.2) is 6.20 Å². The summed E-state index contributed by atoms with van der Waals surface area (Å²) in [6.07, 6.45) is 2.48. The maximum atomic E-state index is 10.2. The molecule has 0 aliphatic rings. The summed E-state index contributed by atoms with van der Waals surface area (Å²) in [4.78, 5) is 13.4. The van der Waals surface area contributed by atoms with Crippen LogP contribution in [0.15, 0.2) is 18.3 Å². The van der Waals surface area contributed by atoms with E-state index in [1.165, 1.54) is 12.3 Å². The number of pyridine rings is 1. The van der Waals surface area contributed by atoms with Gasteiger partial charge in [0.05, 0.1) is 5.69 Å². The Labute approximate surface area is 75.9 Å². The SMILES string of the molecule is CCCNc1ccc([N+](=O)[O-])nc1. The zero-order valence-corrected chi connectivity index (χ0v) is 7.36. The maximum absolute atomic E-state index is 10.2. The van der Waals surface area contributed by atoms with Crippen LogP contribution in [-0.2, 0) is 0 Å². The highest BCUT2D eigenvalue weighted by molar-refractivity contribution is 5.43. The second kappa shape index (κ2) is 4.39. The van der Waals surface area contributed by atoms with E-state index in [9.17, 15) is 10.1 Å². The van der Waals surface area contributed by atoms with Crippen molar-refractivity contribution in [1.82, 2.24) is 4.98 Å². The molecule has 1 N–H and O–H groups in total. The summed E-state index contributed by atoms with van der Waals surface area (Å²) in [6.45, 7) is 2.89. The van der Waals surface area contributed by atoms with E-state index in [-0.39, 0.29) is 5.82 Å². The van der Waals surface area contributed by atoms with E-state index in [4.69, 9.17) is 0 Å². The zero-order chi connectivity index (χ0) is 9.68. The van der Waals surface area contributed by atoms with E-state index in [0.717, 1.165) is 18.7 Å². The summed E-state index contributed by atoms with van der Waals surface area (Å²) >= 11 is 0. The van der Waals surface area contributed by atoms with Crippen molar-refractivity contribution in [1.29, 1.82) is 0 Å². The minimum absolute atomic E-state index is 0.123. The second-order valence-electron chi connectivity index (χ2n) is 2.59. The van der Waals surface area contributed by atoms with Gasteiger partial charge in [-0.3, -0.25) is 0 Å². The van der Waals surface area contributed by atoms with Gasteiger partial charge in [0, 0.05) is 12.6 Å². The lowest BCUT2D eigenvalue weighted by Crippen LogP contribution is -2.00. The Kier molecular flexibility index (Phi) is 3.19. The summed E-state index contributed by atoms with van der Waals surface area (Å²) in [5.41, 5.74) is 0.812. The number of hydrogen-bond acceptors (Lipinski definition) is 4. The fraction of sp³-hybridized carbons (Fsp3) is 0.375. The molecule has 13 heavy (non-hydrogen) atoms. The van der Waals surface area contributed by atoms with E-state index in [2.05, 4.69) is 10.3 Å². The number of nitro groups is 1. The Hall–Kier alpha value is -1.65. The van der Waals surface area contributed by atoms with Gasteiger partial charge in [0.1, 0.15) is 0 Å². The van der Waals surface area contributed by atoms with Crippen LogP contribution < -0.4 is 5.32 Å². The van der Waals surface area contributed by atoms with Gasteiger partial charge in [-0.1, -0.05) is 6.92 Å². The Bertz CT molecular complexity index is 284. The van der Waals surface area contributed by atoms with E-state index < -0.39 is 4.92 Å². The number of anilines is 1. The maximum Gasteiger partial charge on any atom is 0.363 e. The summed E-state index contributed by atoms with van der Waals surface area (Å²) in [7, 11) is 0. The van der Waals surface area contributed by atoms with Crippen LogP contribution in [-0.4, -0.2) is 16.5 Å². The van der Waals surface area contributed by atoms with Gasteiger partial charge < -0.3 is 15.4 Å². The Morgan fingerprint density at radius 3 is 2.85 bits per heavy atom. The van der Waals surface area contributed by atoms with Crippen LogP contribution in [0.3, 0.4) is 0 Å².